The summed E-state index contributed by atoms with van der Waals surface area (Å²) in [5.41, 5.74) is 0.361. The van der Waals surface area contributed by atoms with Gasteiger partial charge in [0.05, 0.1) is 5.29 Å². The lowest BCUT2D eigenvalue weighted by atomic mass is 9.84. The number of carbonyl (C=O) groups is 1. The Balaban J connectivity index is 2.25. The van der Waals surface area contributed by atoms with Gasteiger partial charge in [0.2, 0.25) is 0 Å². The Morgan fingerprint density at radius 3 is 2.39 bits per heavy atom. The maximum Gasteiger partial charge on any atom is 0.303 e. The van der Waals surface area contributed by atoms with Crippen LogP contribution in [-0.4, -0.2) is 24.1 Å². The van der Waals surface area contributed by atoms with E-state index in [1.807, 2.05) is 30.3 Å². The first-order valence-electron chi connectivity index (χ1n) is 6.00. The summed E-state index contributed by atoms with van der Waals surface area (Å²) in [7, 11) is 0. The van der Waals surface area contributed by atoms with Crippen molar-refractivity contribution in [1.29, 1.82) is 0 Å². The molecule has 5 heteroatoms. The van der Waals surface area contributed by atoms with Gasteiger partial charge in [0.15, 0.2) is 0 Å². The third kappa shape index (κ3) is 2.50. The van der Waals surface area contributed by atoms with Gasteiger partial charge in [0.1, 0.15) is 5.60 Å². The summed E-state index contributed by atoms with van der Waals surface area (Å²) in [6.45, 7) is 2.42. The Bertz CT molecular complexity index is 425. The molecule has 96 valence electrons. The molecular formula is C13H16N2O3. The van der Waals surface area contributed by atoms with Crippen LogP contribution in [0.2, 0.25) is 0 Å². The lowest BCUT2D eigenvalue weighted by Gasteiger charge is -2.39. The summed E-state index contributed by atoms with van der Waals surface area (Å²) >= 11 is 0. The number of ether oxygens (including phenoxy) is 1. The van der Waals surface area contributed by atoms with E-state index in [1.54, 1.807) is 0 Å². The largest absolute Gasteiger partial charge is 0.454 e. The zero-order valence-corrected chi connectivity index (χ0v) is 10.3. The normalized spacial score (nSPS) is 18.2. The van der Waals surface area contributed by atoms with Crippen LogP contribution in [-0.2, 0) is 15.1 Å². The second-order valence-electron chi connectivity index (χ2n) is 4.49. The van der Waals surface area contributed by atoms with Gasteiger partial charge in [-0.15, -0.1) is 4.91 Å². The van der Waals surface area contributed by atoms with Gasteiger partial charge < -0.3 is 4.74 Å². The zero-order chi connectivity index (χ0) is 13.0. The number of benzene rings is 1. The van der Waals surface area contributed by atoms with Crippen LogP contribution in [0.5, 0.6) is 0 Å². The van der Waals surface area contributed by atoms with Crippen LogP contribution >= 0.6 is 0 Å². The van der Waals surface area contributed by atoms with E-state index in [0.29, 0.717) is 25.9 Å². The molecule has 0 aromatic heterocycles. The molecule has 1 aromatic carbocycles. The Hall–Kier alpha value is -1.91. The molecule has 0 atom stereocenters. The number of nitroso groups, excluding NO2 is 1. The first-order chi connectivity index (χ1) is 8.66. The summed E-state index contributed by atoms with van der Waals surface area (Å²) < 4.78 is 5.55. The second kappa shape index (κ2) is 5.16. The highest BCUT2D eigenvalue weighted by molar-refractivity contribution is 5.67. The quantitative estimate of drug-likeness (QED) is 0.608. The monoisotopic (exact) mass is 248 g/mol. The number of piperidine rings is 1. The molecule has 0 saturated carbocycles. The third-order valence-electron chi connectivity index (χ3n) is 3.30. The molecule has 0 bridgehead atoms. The van der Waals surface area contributed by atoms with Crippen LogP contribution in [0.4, 0.5) is 0 Å². The van der Waals surface area contributed by atoms with Crippen LogP contribution in [0.1, 0.15) is 25.3 Å². The van der Waals surface area contributed by atoms with Crippen molar-refractivity contribution in [3.05, 3.63) is 40.8 Å². The molecule has 1 heterocycles. The lowest BCUT2D eigenvalue weighted by molar-refractivity contribution is -0.164. The molecule has 0 N–H and O–H groups in total. The fraction of sp³-hybridized carbons (Fsp3) is 0.462. The average molecular weight is 248 g/mol. The fourth-order valence-corrected chi connectivity index (χ4v) is 2.40. The summed E-state index contributed by atoms with van der Waals surface area (Å²) in [4.78, 5) is 21.8. The van der Waals surface area contributed by atoms with Crippen molar-refractivity contribution in [2.24, 2.45) is 5.29 Å². The first kappa shape index (κ1) is 12.5. The van der Waals surface area contributed by atoms with Crippen molar-refractivity contribution >= 4 is 5.97 Å². The number of rotatable bonds is 3. The molecule has 0 unspecified atom stereocenters. The van der Waals surface area contributed by atoms with E-state index in [-0.39, 0.29) is 5.97 Å². The molecule has 5 nitrogen and oxygen atoms in total. The van der Waals surface area contributed by atoms with Crippen molar-refractivity contribution in [1.82, 2.24) is 5.01 Å². The fourth-order valence-electron chi connectivity index (χ4n) is 2.40. The molecule has 0 spiro atoms. The van der Waals surface area contributed by atoms with E-state index in [4.69, 9.17) is 4.74 Å². The van der Waals surface area contributed by atoms with Crippen LogP contribution in [0.15, 0.2) is 35.6 Å². The summed E-state index contributed by atoms with van der Waals surface area (Å²) in [6.07, 6.45) is 1.17. The summed E-state index contributed by atoms with van der Waals surface area (Å²) in [6, 6.07) is 9.67. The molecule has 1 fully saturated rings. The second-order valence-corrected chi connectivity index (χ2v) is 4.49. The molecule has 1 aromatic rings. The highest BCUT2D eigenvalue weighted by Gasteiger charge is 2.39. The van der Waals surface area contributed by atoms with Crippen molar-refractivity contribution in [2.75, 3.05) is 13.1 Å². The van der Waals surface area contributed by atoms with Gasteiger partial charge in [-0.25, -0.2) is 0 Å². The molecule has 1 aliphatic heterocycles. The van der Waals surface area contributed by atoms with E-state index >= 15 is 0 Å². The number of hydrogen-bond donors (Lipinski definition) is 0. The van der Waals surface area contributed by atoms with Crippen LogP contribution in [0, 0.1) is 4.91 Å². The number of carbonyl (C=O) groups excluding carboxylic acids is 1. The Labute approximate surface area is 106 Å². The summed E-state index contributed by atoms with van der Waals surface area (Å²) in [5, 5.41) is 4.39. The van der Waals surface area contributed by atoms with E-state index < -0.39 is 5.60 Å². The number of esters is 1. The van der Waals surface area contributed by atoms with Gasteiger partial charge in [-0.05, 0) is 5.56 Å². The molecule has 2 rings (SSSR count). The average Bonchev–Trinajstić information content (AvgIpc) is 2.40. The van der Waals surface area contributed by atoms with Crippen molar-refractivity contribution in [3.63, 3.8) is 0 Å². The first-order valence-corrected chi connectivity index (χ1v) is 6.00. The Kier molecular flexibility index (Phi) is 3.60. The molecule has 0 radical (unpaired) electrons. The van der Waals surface area contributed by atoms with Gasteiger partial charge in [-0.2, -0.15) is 0 Å². The third-order valence-corrected chi connectivity index (χ3v) is 3.30. The minimum Gasteiger partial charge on any atom is -0.454 e. The van der Waals surface area contributed by atoms with Crippen molar-refractivity contribution in [2.45, 2.75) is 25.4 Å². The van der Waals surface area contributed by atoms with Gasteiger partial charge in [-0.3, -0.25) is 9.80 Å². The van der Waals surface area contributed by atoms with E-state index in [2.05, 4.69) is 5.29 Å². The maximum absolute atomic E-state index is 11.3. The lowest BCUT2D eigenvalue weighted by Crippen LogP contribution is -2.43. The molecule has 1 saturated heterocycles. The highest BCUT2D eigenvalue weighted by atomic mass is 16.6. The minimum absolute atomic E-state index is 0.300. The maximum atomic E-state index is 11.3. The van der Waals surface area contributed by atoms with Crippen LogP contribution in [0.25, 0.3) is 0 Å². The zero-order valence-electron chi connectivity index (χ0n) is 10.3. The molecular weight excluding hydrogens is 232 g/mol. The summed E-state index contributed by atoms with van der Waals surface area (Å²) in [5.74, 6) is -0.300. The molecule has 0 amide bonds. The Morgan fingerprint density at radius 1 is 1.28 bits per heavy atom. The molecule has 18 heavy (non-hydrogen) atoms. The van der Waals surface area contributed by atoms with E-state index in [1.165, 1.54) is 11.9 Å². The molecule has 0 aliphatic carbocycles. The van der Waals surface area contributed by atoms with Crippen LogP contribution in [0.3, 0.4) is 0 Å². The molecule has 1 aliphatic rings. The van der Waals surface area contributed by atoms with Gasteiger partial charge in [0.25, 0.3) is 0 Å². The minimum atomic E-state index is -0.617. The predicted molar refractivity (Wildman–Crippen MR) is 66.5 cm³/mol. The van der Waals surface area contributed by atoms with Crippen molar-refractivity contribution in [3.8, 4) is 0 Å². The van der Waals surface area contributed by atoms with Crippen LogP contribution < -0.4 is 0 Å². The highest BCUT2D eigenvalue weighted by Crippen LogP contribution is 2.36. The van der Waals surface area contributed by atoms with Gasteiger partial charge >= 0.3 is 5.97 Å². The predicted octanol–water partition coefficient (Wildman–Crippen LogP) is 2.22. The Morgan fingerprint density at radius 2 is 1.89 bits per heavy atom. The van der Waals surface area contributed by atoms with Gasteiger partial charge in [-0.1, -0.05) is 30.3 Å². The standard InChI is InChI=1S/C13H16N2O3/c1-11(16)18-13(12-5-3-2-4-6-12)7-9-15(14-17)10-8-13/h2-6H,7-10H2,1H3. The number of nitrogens with zero attached hydrogens (tertiary/aromatic N) is 2. The SMILES string of the molecule is CC(=O)OC1(c2ccccc2)CCN(N=O)CC1. The number of hydrogen-bond acceptors (Lipinski definition) is 4. The van der Waals surface area contributed by atoms with Gasteiger partial charge in [0, 0.05) is 32.9 Å². The van der Waals surface area contributed by atoms with E-state index in [9.17, 15) is 9.70 Å². The smallest absolute Gasteiger partial charge is 0.303 e. The van der Waals surface area contributed by atoms with E-state index in [0.717, 1.165) is 5.56 Å². The topological polar surface area (TPSA) is 59.0 Å². The van der Waals surface area contributed by atoms with Crippen molar-refractivity contribution < 1.29 is 9.53 Å².